The molecule has 2 aromatic rings. The van der Waals surface area contributed by atoms with Crippen molar-refractivity contribution in [3.05, 3.63) is 53.1 Å². The van der Waals surface area contributed by atoms with Gasteiger partial charge in [0.2, 0.25) is 11.8 Å². The van der Waals surface area contributed by atoms with Crippen LogP contribution >= 0.6 is 11.6 Å². The molecule has 0 bridgehead atoms. The zero-order valence-corrected chi connectivity index (χ0v) is 15.0. The Hall–Kier alpha value is -2.86. The number of imide groups is 1. The SMILES string of the molecule is Cc1cc(-c2cccc(Cl)c2)ccc1NC(=O)CN1CCC(=O)NC1=O. The van der Waals surface area contributed by atoms with Crippen molar-refractivity contribution in [1.82, 2.24) is 10.2 Å². The zero-order valence-electron chi connectivity index (χ0n) is 14.2. The summed E-state index contributed by atoms with van der Waals surface area (Å²) in [5.41, 5.74) is 3.56. The van der Waals surface area contributed by atoms with Gasteiger partial charge in [-0.3, -0.25) is 14.9 Å². The van der Waals surface area contributed by atoms with Crippen LogP contribution < -0.4 is 10.6 Å². The van der Waals surface area contributed by atoms with E-state index in [-0.39, 0.29) is 31.3 Å². The summed E-state index contributed by atoms with van der Waals surface area (Å²) < 4.78 is 0. The average molecular weight is 372 g/mol. The van der Waals surface area contributed by atoms with Crippen LogP contribution in [-0.2, 0) is 9.59 Å². The van der Waals surface area contributed by atoms with E-state index in [4.69, 9.17) is 11.6 Å². The lowest BCUT2D eigenvalue weighted by Crippen LogP contribution is -2.51. The number of anilines is 1. The van der Waals surface area contributed by atoms with E-state index in [0.717, 1.165) is 16.7 Å². The first-order chi connectivity index (χ1) is 12.4. The Morgan fingerprint density at radius 1 is 1.19 bits per heavy atom. The van der Waals surface area contributed by atoms with E-state index in [1.807, 2.05) is 49.4 Å². The van der Waals surface area contributed by atoms with E-state index >= 15 is 0 Å². The Balaban J connectivity index is 1.67. The van der Waals surface area contributed by atoms with Crippen LogP contribution in [0.3, 0.4) is 0 Å². The third kappa shape index (κ3) is 4.21. The van der Waals surface area contributed by atoms with Crippen LogP contribution in [0.2, 0.25) is 5.02 Å². The van der Waals surface area contributed by atoms with Crippen molar-refractivity contribution in [2.24, 2.45) is 0 Å². The predicted molar refractivity (Wildman–Crippen MR) is 100.0 cm³/mol. The summed E-state index contributed by atoms with van der Waals surface area (Å²) in [6.07, 6.45) is 0.201. The van der Waals surface area contributed by atoms with Crippen LogP contribution in [0.15, 0.2) is 42.5 Å². The molecule has 0 radical (unpaired) electrons. The molecule has 0 aliphatic carbocycles. The molecule has 2 aromatic carbocycles. The van der Waals surface area contributed by atoms with Crippen LogP contribution in [0.5, 0.6) is 0 Å². The van der Waals surface area contributed by atoms with Crippen LogP contribution in [0.4, 0.5) is 10.5 Å². The fraction of sp³-hybridized carbons (Fsp3) is 0.211. The molecule has 1 aliphatic heterocycles. The number of rotatable bonds is 4. The third-order valence-corrected chi connectivity index (χ3v) is 4.37. The summed E-state index contributed by atoms with van der Waals surface area (Å²) in [7, 11) is 0. The van der Waals surface area contributed by atoms with Gasteiger partial charge in [-0.1, -0.05) is 29.8 Å². The van der Waals surface area contributed by atoms with Gasteiger partial charge in [0.15, 0.2) is 0 Å². The normalized spacial score (nSPS) is 14.2. The Labute approximate surface area is 156 Å². The van der Waals surface area contributed by atoms with Crippen molar-refractivity contribution in [2.75, 3.05) is 18.4 Å². The van der Waals surface area contributed by atoms with Gasteiger partial charge in [0.25, 0.3) is 0 Å². The van der Waals surface area contributed by atoms with Gasteiger partial charge in [-0.05, 0) is 47.9 Å². The molecule has 1 fully saturated rings. The number of benzene rings is 2. The average Bonchev–Trinajstić information content (AvgIpc) is 2.59. The number of urea groups is 1. The molecular weight excluding hydrogens is 354 g/mol. The highest BCUT2D eigenvalue weighted by atomic mass is 35.5. The van der Waals surface area contributed by atoms with Crippen molar-refractivity contribution in [1.29, 1.82) is 0 Å². The van der Waals surface area contributed by atoms with Crippen LogP contribution in [0, 0.1) is 6.92 Å². The number of carbonyl (C=O) groups excluding carboxylic acids is 3. The highest BCUT2D eigenvalue weighted by Gasteiger charge is 2.24. The molecular formula is C19H18ClN3O3. The molecule has 1 aliphatic rings. The van der Waals surface area contributed by atoms with E-state index in [2.05, 4.69) is 10.6 Å². The minimum atomic E-state index is -0.538. The lowest BCUT2D eigenvalue weighted by molar-refractivity contribution is -0.123. The second kappa shape index (κ2) is 7.58. The molecule has 1 heterocycles. The van der Waals surface area contributed by atoms with Crippen molar-refractivity contribution in [2.45, 2.75) is 13.3 Å². The van der Waals surface area contributed by atoms with Crippen LogP contribution in [0.1, 0.15) is 12.0 Å². The monoisotopic (exact) mass is 371 g/mol. The van der Waals surface area contributed by atoms with E-state index in [0.29, 0.717) is 10.7 Å². The molecule has 0 atom stereocenters. The Bertz CT molecular complexity index is 882. The van der Waals surface area contributed by atoms with Gasteiger partial charge in [-0.2, -0.15) is 0 Å². The number of amides is 4. The van der Waals surface area contributed by atoms with Crippen molar-refractivity contribution < 1.29 is 14.4 Å². The van der Waals surface area contributed by atoms with Crippen LogP contribution in [0.25, 0.3) is 11.1 Å². The maximum absolute atomic E-state index is 12.2. The first kappa shape index (κ1) is 17.9. The van der Waals surface area contributed by atoms with Crippen molar-refractivity contribution >= 4 is 35.1 Å². The molecule has 6 nitrogen and oxygen atoms in total. The number of nitrogens with zero attached hydrogens (tertiary/aromatic N) is 1. The molecule has 0 saturated carbocycles. The lowest BCUT2D eigenvalue weighted by Gasteiger charge is -2.25. The quantitative estimate of drug-likeness (QED) is 0.866. The van der Waals surface area contributed by atoms with Gasteiger partial charge in [-0.15, -0.1) is 0 Å². The van der Waals surface area contributed by atoms with Gasteiger partial charge in [0, 0.05) is 23.7 Å². The first-order valence-electron chi connectivity index (χ1n) is 8.17. The predicted octanol–water partition coefficient (Wildman–Crippen LogP) is 3.20. The largest absolute Gasteiger partial charge is 0.324 e. The first-order valence-corrected chi connectivity index (χ1v) is 8.55. The van der Waals surface area contributed by atoms with E-state index in [1.165, 1.54) is 4.90 Å². The van der Waals surface area contributed by atoms with Crippen molar-refractivity contribution in [3.8, 4) is 11.1 Å². The highest BCUT2D eigenvalue weighted by molar-refractivity contribution is 6.30. The number of aryl methyl sites for hydroxylation is 1. The van der Waals surface area contributed by atoms with E-state index in [1.54, 1.807) is 0 Å². The summed E-state index contributed by atoms with van der Waals surface area (Å²) >= 11 is 6.03. The number of halogens is 1. The number of hydrogen-bond acceptors (Lipinski definition) is 3. The molecule has 4 amide bonds. The molecule has 3 rings (SSSR count). The van der Waals surface area contributed by atoms with Gasteiger partial charge in [-0.25, -0.2) is 4.79 Å². The van der Waals surface area contributed by atoms with Gasteiger partial charge in [0.1, 0.15) is 6.54 Å². The molecule has 7 heteroatoms. The summed E-state index contributed by atoms with van der Waals surface area (Å²) in [5, 5.41) is 5.67. The summed E-state index contributed by atoms with van der Waals surface area (Å²) in [6, 6.07) is 12.7. The molecule has 2 N–H and O–H groups in total. The number of hydrogen-bond donors (Lipinski definition) is 2. The van der Waals surface area contributed by atoms with Gasteiger partial charge < -0.3 is 10.2 Å². The van der Waals surface area contributed by atoms with Crippen molar-refractivity contribution in [3.63, 3.8) is 0 Å². The topological polar surface area (TPSA) is 78.5 Å². The minimum Gasteiger partial charge on any atom is -0.324 e. The molecule has 0 unspecified atom stereocenters. The maximum atomic E-state index is 12.2. The maximum Gasteiger partial charge on any atom is 0.324 e. The minimum absolute atomic E-state index is 0.103. The van der Waals surface area contributed by atoms with E-state index < -0.39 is 6.03 Å². The third-order valence-electron chi connectivity index (χ3n) is 4.14. The Morgan fingerprint density at radius 2 is 1.96 bits per heavy atom. The zero-order chi connectivity index (χ0) is 18.7. The molecule has 0 aromatic heterocycles. The molecule has 26 heavy (non-hydrogen) atoms. The second-order valence-electron chi connectivity index (χ2n) is 6.11. The molecule has 0 spiro atoms. The van der Waals surface area contributed by atoms with Crippen LogP contribution in [-0.4, -0.2) is 35.8 Å². The van der Waals surface area contributed by atoms with Gasteiger partial charge >= 0.3 is 6.03 Å². The Morgan fingerprint density at radius 3 is 2.65 bits per heavy atom. The second-order valence-corrected chi connectivity index (χ2v) is 6.55. The lowest BCUT2D eigenvalue weighted by atomic mass is 10.0. The highest BCUT2D eigenvalue weighted by Crippen LogP contribution is 2.26. The number of carbonyl (C=O) groups is 3. The summed E-state index contributed by atoms with van der Waals surface area (Å²) in [5.74, 6) is -0.632. The fourth-order valence-electron chi connectivity index (χ4n) is 2.76. The smallest absolute Gasteiger partial charge is 0.324 e. The summed E-state index contributed by atoms with van der Waals surface area (Å²) in [6.45, 7) is 2.04. The van der Waals surface area contributed by atoms with E-state index in [9.17, 15) is 14.4 Å². The Kier molecular flexibility index (Phi) is 5.23. The van der Waals surface area contributed by atoms with Gasteiger partial charge in [0.05, 0.1) is 0 Å². The molecule has 134 valence electrons. The number of nitrogens with one attached hydrogen (secondary N) is 2. The standard InChI is InChI=1S/C19H18ClN3O3/c1-12-9-14(13-3-2-4-15(20)10-13)5-6-16(12)21-18(25)11-23-8-7-17(24)22-19(23)26/h2-6,9-10H,7-8,11H2,1H3,(H,21,25)(H,22,24,26). The molecule has 1 saturated heterocycles. The fourth-order valence-corrected chi connectivity index (χ4v) is 2.95. The summed E-state index contributed by atoms with van der Waals surface area (Å²) in [4.78, 5) is 36.4.